The highest BCUT2D eigenvalue weighted by atomic mass is 35.5. The summed E-state index contributed by atoms with van der Waals surface area (Å²) >= 11 is 6.58. The second-order valence-corrected chi connectivity index (χ2v) is 14.2. The van der Waals surface area contributed by atoms with Crippen molar-refractivity contribution in [2.45, 2.75) is 77.2 Å². The second kappa shape index (κ2) is 11.4. The third-order valence-electron chi connectivity index (χ3n) is 9.06. The predicted octanol–water partition coefficient (Wildman–Crippen LogP) is 4.44. The van der Waals surface area contributed by atoms with Gasteiger partial charge in [-0.1, -0.05) is 24.6 Å². The molecule has 3 aromatic rings. The molecule has 1 saturated carbocycles. The van der Waals surface area contributed by atoms with Gasteiger partial charge in [0, 0.05) is 30.6 Å². The summed E-state index contributed by atoms with van der Waals surface area (Å²) in [6.45, 7) is 8.87. The number of carbonyl (C=O) groups excluding carboxylic acids is 2. The Hall–Kier alpha value is -3.48. The van der Waals surface area contributed by atoms with E-state index in [9.17, 15) is 19.5 Å². The first-order chi connectivity index (χ1) is 21.2. The molecule has 2 saturated heterocycles. The van der Waals surface area contributed by atoms with Crippen molar-refractivity contribution in [2.75, 3.05) is 32.8 Å². The van der Waals surface area contributed by atoms with Crippen molar-refractivity contribution in [1.29, 1.82) is 0 Å². The lowest BCUT2D eigenvalue weighted by Gasteiger charge is -2.39. The third-order valence-corrected chi connectivity index (χ3v) is 9.34. The summed E-state index contributed by atoms with van der Waals surface area (Å²) in [5, 5.41) is 11.7. The first-order valence-electron chi connectivity index (χ1n) is 15.3. The van der Waals surface area contributed by atoms with Crippen molar-refractivity contribution >= 4 is 34.6 Å². The molecule has 3 aliphatic rings. The number of hydrogen-bond donors (Lipinski definition) is 1. The Balaban J connectivity index is 1.22. The van der Waals surface area contributed by atoms with E-state index in [4.69, 9.17) is 21.1 Å². The van der Waals surface area contributed by atoms with Crippen LogP contribution in [0.4, 0.5) is 9.18 Å². The highest BCUT2D eigenvalue weighted by Gasteiger charge is 2.48. The van der Waals surface area contributed by atoms with E-state index in [-0.39, 0.29) is 58.3 Å². The maximum Gasteiger partial charge on any atom is 0.410 e. The summed E-state index contributed by atoms with van der Waals surface area (Å²) < 4.78 is 29.6. The SMILES string of the molecule is CC(C)(C)OC(=O)N1CCOCC1c1ccc(-n2c(Cl)cc3c(=O)n(CC4(O)CCN(C(=O)C5(C)CC5)CC4)cnc32)cc1F. The van der Waals surface area contributed by atoms with Gasteiger partial charge in [-0.15, -0.1) is 0 Å². The number of amides is 2. The molecule has 1 N–H and O–H groups in total. The Morgan fingerprint density at radius 2 is 1.87 bits per heavy atom. The molecule has 45 heavy (non-hydrogen) atoms. The number of carbonyl (C=O) groups is 2. The van der Waals surface area contributed by atoms with E-state index in [0.29, 0.717) is 38.2 Å². The number of likely N-dealkylation sites (tertiary alicyclic amines) is 1. The molecule has 242 valence electrons. The molecule has 11 nitrogen and oxygen atoms in total. The quantitative estimate of drug-likeness (QED) is 0.437. The summed E-state index contributed by atoms with van der Waals surface area (Å²) in [4.78, 5) is 46.9. The van der Waals surface area contributed by atoms with Gasteiger partial charge in [0.15, 0.2) is 5.65 Å². The van der Waals surface area contributed by atoms with E-state index < -0.39 is 29.2 Å². The number of aliphatic hydroxyl groups is 1. The van der Waals surface area contributed by atoms with Gasteiger partial charge in [-0.2, -0.15) is 0 Å². The van der Waals surface area contributed by atoms with Crippen LogP contribution in [0.15, 0.2) is 35.4 Å². The standard InChI is InChI=1S/C32H39ClFN5O6/c1-30(2,3)45-29(42)38-13-14-44-17-24(38)21-6-5-20(15-23(21)34)39-25(33)16-22-26(39)35-19-37(27(22)40)18-32(43)9-11-36(12-10-32)28(41)31(4)7-8-31/h5-6,15-16,19,24,43H,7-14,17-18H2,1-4H3. The zero-order valence-corrected chi connectivity index (χ0v) is 26.8. The number of nitrogens with zero attached hydrogens (tertiary/aromatic N) is 5. The Morgan fingerprint density at radius 1 is 1.16 bits per heavy atom. The van der Waals surface area contributed by atoms with Crippen LogP contribution in [0, 0.1) is 11.2 Å². The molecule has 2 aromatic heterocycles. The van der Waals surface area contributed by atoms with Crippen molar-refractivity contribution in [3.63, 3.8) is 0 Å². The lowest BCUT2D eigenvalue weighted by atomic mass is 9.90. The molecule has 2 aliphatic heterocycles. The number of piperidine rings is 1. The van der Waals surface area contributed by atoms with Gasteiger partial charge in [-0.05, 0) is 64.7 Å². The smallest absolute Gasteiger partial charge is 0.410 e. The molecule has 6 rings (SSSR count). The molecule has 2 amide bonds. The molecule has 4 heterocycles. The minimum atomic E-state index is -1.16. The van der Waals surface area contributed by atoms with Crippen LogP contribution >= 0.6 is 11.6 Å². The molecule has 3 fully saturated rings. The van der Waals surface area contributed by atoms with Crippen molar-refractivity contribution < 1.29 is 28.6 Å². The fraction of sp³-hybridized carbons (Fsp3) is 0.562. The van der Waals surface area contributed by atoms with Crippen LogP contribution in [0.3, 0.4) is 0 Å². The molecule has 1 atom stereocenters. The third kappa shape index (κ3) is 6.19. The highest BCUT2D eigenvalue weighted by molar-refractivity contribution is 6.31. The average molecular weight is 644 g/mol. The normalized spacial score (nSPS) is 21.2. The zero-order chi connectivity index (χ0) is 32.3. The topological polar surface area (TPSA) is 119 Å². The van der Waals surface area contributed by atoms with Gasteiger partial charge >= 0.3 is 6.09 Å². The van der Waals surface area contributed by atoms with Crippen molar-refractivity contribution in [2.24, 2.45) is 5.41 Å². The molecule has 0 radical (unpaired) electrons. The summed E-state index contributed by atoms with van der Waals surface area (Å²) in [6.07, 6.45) is 3.31. The van der Waals surface area contributed by atoms with Crippen LogP contribution < -0.4 is 5.56 Å². The monoisotopic (exact) mass is 643 g/mol. The van der Waals surface area contributed by atoms with E-state index >= 15 is 4.39 Å². The Bertz CT molecular complexity index is 1700. The van der Waals surface area contributed by atoms with Gasteiger partial charge in [0.05, 0.1) is 42.5 Å². The molecule has 13 heteroatoms. The highest BCUT2D eigenvalue weighted by Crippen LogP contribution is 2.47. The first-order valence-corrected chi connectivity index (χ1v) is 15.7. The van der Waals surface area contributed by atoms with E-state index in [0.717, 1.165) is 12.8 Å². The Labute approximate surface area is 265 Å². The molecule has 0 bridgehead atoms. The number of hydrogen-bond acceptors (Lipinski definition) is 7. The fourth-order valence-electron chi connectivity index (χ4n) is 6.15. The summed E-state index contributed by atoms with van der Waals surface area (Å²) in [6, 6.07) is 5.31. The average Bonchev–Trinajstić information content (AvgIpc) is 3.64. The molecule has 1 unspecified atom stereocenters. The fourth-order valence-corrected chi connectivity index (χ4v) is 6.44. The molecular formula is C32H39ClFN5O6. The van der Waals surface area contributed by atoms with Gasteiger partial charge in [-0.25, -0.2) is 14.2 Å². The minimum absolute atomic E-state index is 0.0256. The van der Waals surface area contributed by atoms with Crippen molar-refractivity contribution in [3.8, 4) is 5.69 Å². The summed E-state index contributed by atoms with van der Waals surface area (Å²) in [7, 11) is 0. The van der Waals surface area contributed by atoms with Crippen molar-refractivity contribution in [1.82, 2.24) is 23.9 Å². The number of ether oxygens (including phenoxy) is 2. The van der Waals surface area contributed by atoms with Crippen LogP contribution in [-0.4, -0.2) is 85.1 Å². The lowest BCUT2D eigenvalue weighted by Crippen LogP contribution is -2.51. The van der Waals surface area contributed by atoms with Crippen molar-refractivity contribution in [3.05, 3.63) is 57.5 Å². The van der Waals surface area contributed by atoms with Gasteiger partial charge < -0.3 is 19.5 Å². The van der Waals surface area contributed by atoms with Gasteiger partial charge in [-0.3, -0.25) is 23.6 Å². The largest absolute Gasteiger partial charge is 0.444 e. The van der Waals surface area contributed by atoms with Crippen LogP contribution in [-0.2, 0) is 20.8 Å². The number of morpholine rings is 1. The van der Waals surface area contributed by atoms with Crippen LogP contribution in [0.2, 0.25) is 5.15 Å². The molecular weight excluding hydrogens is 605 g/mol. The maximum absolute atomic E-state index is 15.7. The minimum Gasteiger partial charge on any atom is -0.444 e. The number of benzene rings is 1. The molecule has 1 aromatic carbocycles. The van der Waals surface area contributed by atoms with Crippen LogP contribution in [0.1, 0.15) is 65.0 Å². The van der Waals surface area contributed by atoms with E-state index in [2.05, 4.69) is 4.98 Å². The van der Waals surface area contributed by atoms with E-state index in [1.54, 1.807) is 32.9 Å². The van der Waals surface area contributed by atoms with E-state index in [1.807, 2.05) is 11.8 Å². The van der Waals surface area contributed by atoms with E-state index in [1.165, 1.54) is 32.5 Å². The predicted molar refractivity (Wildman–Crippen MR) is 165 cm³/mol. The number of aromatic nitrogens is 3. The second-order valence-electron chi connectivity index (χ2n) is 13.8. The van der Waals surface area contributed by atoms with Gasteiger partial charge in [0.25, 0.3) is 5.56 Å². The lowest BCUT2D eigenvalue weighted by molar-refractivity contribution is -0.141. The molecule has 0 spiro atoms. The maximum atomic E-state index is 15.7. The number of fused-ring (bicyclic) bond motifs is 1. The number of halogens is 2. The number of rotatable bonds is 5. The molecule has 1 aliphatic carbocycles. The Morgan fingerprint density at radius 3 is 2.51 bits per heavy atom. The van der Waals surface area contributed by atoms with Gasteiger partial charge in [0.1, 0.15) is 22.9 Å². The zero-order valence-electron chi connectivity index (χ0n) is 26.0. The first kappa shape index (κ1) is 31.5. The van der Waals surface area contributed by atoms with Crippen LogP contribution in [0.25, 0.3) is 16.7 Å². The Kier molecular flexibility index (Phi) is 7.98. The van der Waals surface area contributed by atoms with Crippen LogP contribution in [0.5, 0.6) is 0 Å². The van der Waals surface area contributed by atoms with Gasteiger partial charge in [0.2, 0.25) is 5.91 Å². The summed E-state index contributed by atoms with van der Waals surface area (Å²) in [5.74, 6) is -0.441. The summed E-state index contributed by atoms with van der Waals surface area (Å²) in [5.41, 5.74) is -1.66.